The van der Waals surface area contributed by atoms with Crippen molar-refractivity contribution in [1.29, 1.82) is 0 Å². The first-order valence-electron chi connectivity index (χ1n) is 13.8. The van der Waals surface area contributed by atoms with Crippen molar-refractivity contribution >= 4 is 40.3 Å². The largest absolute Gasteiger partial charge is 0.329 e. The Morgan fingerprint density at radius 3 is 2.02 bits per heavy atom. The summed E-state index contributed by atoms with van der Waals surface area (Å²) in [4.78, 5) is 24.0. The molecular formula is C32H29Cl2N5O. The monoisotopic (exact) mass is 569 g/mol. The Labute approximate surface area is 243 Å². The maximum atomic E-state index is 12.9. The van der Waals surface area contributed by atoms with Gasteiger partial charge in [0, 0.05) is 53.4 Å². The summed E-state index contributed by atoms with van der Waals surface area (Å²) in [6.07, 6.45) is 9.09. The van der Waals surface area contributed by atoms with Crippen LogP contribution < -0.4 is 0 Å². The Morgan fingerprint density at radius 2 is 1.45 bits per heavy atom. The van der Waals surface area contributed by atoms with Crippen LogP contribution in [0.2, 0.25) is 10.0 Å². The molecule has 3 aromatic carbocycles. The van der Waals surface area contributed by atoms with Crippen molar-refractivity contribution in [1.82, 2.24) is 24.0 Å². The molecular weight excluding hydrogens is 541 g/mol. The van der Waals surface area contributed by atoms with Crippen molar-refractivity contribution in [2.45, 2.75) is 43.6 Å². The lowest BCUT2D eigenvalue weighted by Crippen LogP contribution is -2.41. The minimum Gasteiger partial charge on any atom is -0.324 e. The van der Waals surface area contributed by atoms with E-state index in [0.29, 0.717) is 25.0 Å². The summed E-state index contributed by atoms with van der Waals surface area (Å²) in [7, 11) is 0. The minimum atomic E-state index is -0.00934. The number of hydrogen-bond acceptors (Lipinski definition) is 3. The fraction of sp³-hybridized carbons (Fsp3) is 0.281. The summed E-state index contributed by atoms with van der Waals surface area (Å²) >= 11 is 12.5. The summed E-state index contributed by atoms with van der Waals surface area (Å²) in [5, 5.41) is 1.44. The molecule has 1 saturated heterocycles. The van der Waals surface area contributed by atoms with E-state index in [2.05, 4.69) is 52.0 Å². The molecule has 0 spiro atoms. The van der Waals surface area contributed by atoms with Crippen LogP contribution >= 0.6 is 23.2 Å². The first kappa shape index (κ1) is 25.4. The lowest BCUT2D eigenvalue weighted by Gasteiger charge is -2.33. The molecule has 0 N–H and O–H groups in total. The standard InChI is InChI=1S/C32H29Cl2N5O/c33-25-8-3-21(4-9-25)30(22-5-10-26(34)11-6-22)24-7-12-28-29(19-24)39(31(36-28)23-1-2-23)27-13-16-37(17-14-27)32(40)38-18-15-35-20-38/h3-12,15,18-20,23,27,30H,1-2,13-14,16-17H2. The molecule has 0 radical (unpaired) electrons. The maximum absolute atomic E-state index is 12.9. The van der Waals surface area contributed by atoms with Crippen LogP contribution in [-0.2, 0) is 0 Å². The molecule has 6 nitrogen and oxygen atoms in total. The van der Waals surface area contributed by atoms with Crippen LogP contribution in [0.1, 0.15) is 66.1 Å². The predicted octanol–water partition coefficient (Wildman–Crippen LogP) is 7.90. The van der Waals surface area contributed by atoms with E-state index >= 15 is 0 Å². The van der Waals surface area contributed by atoms with E-state index in [0.717, 1.165) is 28.4 Å². The predicted molar refractivity (Wildman–Crippen MR) is 158 cm³/mol. The topological polar surface area (TPSA) is 56.0 Å². The van der Waals surface area contributed by atoms with Gasteiger partial charge >= 0.3 is 6.03 Å². The Bertz CT molecular complexity index is 1600. The highest BCUT2D eigenvalue weighted by Crippen LogP contribution is 2.44. The number of likely N-dealkylation sites (tertiary alicyclic amines) is 1. The number of carbonyl (C=O) groups is 1. The number of nitrogens with zero attached hydrogens (tertiary/aromatic N) is 5. The molecule has 8 heteroatoms. The normalized spacial score (nSPS) is 16.2. The number of halogens is 2. The fourth-order valence-corrected chi connectivity index (χ4v) is 6.31. The van der Waals surface area contributed by atoms with E-state index in [1.54, 1.807) is 23.3 Å². The van der Waals surface area contributed by atoms with Gasteiger partial charge in [-0.3, -0.25) is 4.57 Å². The number of amides is 1. The number of imidazole rings is 2. The van der Waals surface area contributed by atoms with Crippen LogP contribution in [0.15, 0.2) is 85.5 Å². The van der Waals surface area contributed by atoms with Gasteiger partial charge in [-0.2, -0.15) is 0 Å². The summed E-state index contributed by atoms with van der Waals surface area (Å²) in [5.41, 5.74) is 5.75. The van der Waals surface area contributed by atoms with E-state index in [1.165, 1.54) is 40.9 Å². The Morgan fingerprint density at radius 1 is 0.825 bits per heavy atom. The molecule has 1 amide bonds. The van der Waals surface area contributed by atoms with Gasteiger partial charge in [0.05, 0.1) is 11.0 Å². The second-order valence-corrected chi connectivity index (χ2v) is 11.7. The van der Waals surface area contributed by atoms with E-state index < -0.39 is 0 Å². The third kappa shape index (κ3) is 4.80. The summed E-state index contributed by atoms with van der Waals surface area (Å²) in [5.74, 6) is 1.74. The number of carbonyl (C=O) groups excluding carboxylic acids is 1. The van der Waals surface area contributed by atoms with Crippen molar-refractivity contribution in [3.8, 4) is 0 Å². The molecule has 2 fully saturated rings. The SMILES string of the molecule is O=C(N1CCC(n2c(C3CC3)nc3ccc(C(c4ccc(Cl)cc4)c4ccc(Cl)cc4)cc32)CC1)n1ccnc1. The first-order chi connectivity index (χ1) is 19.5. The first-order valence-corrected chi connectivity index (χ1v) is 14.6. The summed E-state index contributed by atoms with van der Waals surface area (Å²) < 4.78 is 4.05. The highest BCUT2D eigenvalue weighted by atomic mass is 35.5. The summed E-state index contributed by atoms with van der Waals surface area (Å²) in [6, 6.07) is 23.2. The molecule has 3 heterocycles. The zero-order chi connectivity index (χ0) is 27.2. The second-order valence-electron chi connectivity index (χ2n) is 10.9. The molecule has 1 aliphatic carbocycles. The van der Waals surface area contributed by atoms with E-state index in [-0.39, 0.29) is 11.9 Å². The number of piperidine rings is 1. The lowest BCUT2D eigenvalue weighted by molar-refractivity contribution is 0.173. The molecule has 1 aliphatic heterocycles. The number of hydrogen-bond donors (Lipinski definition) is 0. The third-order valence-corrected chi connectivity index (χ3v) is 8.75. The Hall–Kier alpha value is -3.61. The van der Waals surface area contributed by atoms with Gasteiger partial charge in [0.1, 0.15) is 12.2 Å². The van der Waals surface area contributed by atoms with Gasteiger partial charge < -0.3 is 9.47 Å². The molecule has 2 aliphatic rings. The van der Waals surface area contributed by atoms with Crippen LogP contribution in [0.5, 0.6) is 0 Å². The number of aromatic nitrogens is 4. The van der Waals surface area contributed by atoms with Gasteiger partial charge in [0.15, 0.2) is 0 Å². The average molecular weight is 571 g/mol. The van der Waals surface area contributed by atoms with E-state index in [1.807, 2.05) is 29.2 Å². The molecule has 0 bridgehead atoms. The van der Waals surface area contributed by atoms with Crippen molar-refractivity contribution in [3.05, 3.63) is 118 Å². The molecule has 5 aromatic rings. The second kappa shape index (κ2) is 10.4. The lowest BCUT2D eigenvalue weighted by atomic mass is 9.85. The zero-order valence-electron chi connectivity index (χ0n) is 22.0. The maximum Gasteiger partial charge on any atom is 0.329 e. The van der Waals surface area contributed by atoms with Crippen LogP contribution in [-0.4, -0.2) is 43.1 Å². The van der Waals surface area contributed by atoms with Crippen LogP contribution in [0.3, 0.4) is 0 Å². The molecule has 1 saturated carbocycles. The molecule has 2 aromatic heterocycles. The van der Waals surface area contributed by atoms with Crippen molar-refractivity contribution in [2.24, 2.45) is 0 Å². The molecule has 7 rings (SSSR count). The molecule has 202 valence electrons. The zero-order valence-corrected chi connectivity index (χ0v) is 23.5. The van der Waals surface area contributed by atoms with Crippen LogP contribution in [0.25, 0.3) is 11.0 Å². The molecule has 0 atom stereocenters. The van der Waals surface area contributed by atoms with Crippen molar-refractivity contribution < 1.29 is 4.79 Å². The quantitative estimate of drug-likeness (QED) is 0.202. The molecule has 0 unspecified atom stereocenters. The average Bonchev–Trinajstić information content (AvgIpc) is 3.54. The number of benzene rings is 3. The Balaban J connectivity index is 1.27. The van der Waals surface area contributed by atoms with Gasteiger partial charge in [0.2, 0.25) is 0 Å². The van der Waals surface area contributed by atoms with Crippen LogP contribution in [0, 0.1) is 0 Å². The summed E-state index contributed by atoms with van der Waals surface area (Å²) in [6.45, 7) is 1.42. The highest BCUT2D eigenvalue weighted by molar-refractivity contribution is 6.30. The number of rotatable bonds is 5. The molecule has 40 heavy (non-hydrogen) atoms. The van der Waals surface area contributed by atoms with E-state index in [9.17, 15) is 4.79 Å². The van der Waals surface area contributed by atoms with Gasteiger partial charge in [-0.15, -0.1) is 0 Å². The van der Waals surface area contributed by atoms with Crippen molar-refractivity contribution in [2.75, 3.05) is 13.1 Å². The fourth-order valence-electron chi connectivity index (χ4n) is 6.06. The van der Waals surface area contributed by atoms with Gasteiger partial charge in [-0.05, 0) is 78.8 Å². The van der Waals surface area contributed by atoms with Gasteiger partial charge in [0.25, 0.3) is 0 Å². The minimum absolute atomic E-state index is 0.00934. The highest BCUT2D eigenvalue weighted by Gasteiger charge is 2.34. The number of fused-ring (bicyclic) bond motifs is 1. The van der Waals surface area contributed by atoms with Crippen molar-refractivity contribution in [3.63, 3.8) is 0 Å². The van der Waals surface area contributed by atoms with Gasteiger partial charge in [-0.25, -0.2) is 14.8 Å². The third-order valence-electron chi connectivity index (χ3n) is 8.25. The smallest absolute Gasteiger partial charge is 0.324 e. The van der Waals surface area contributed by atoms with E-state index in [4.69, 9.17) is 28.2 Å². The Kier molecular flexibility index (Phi) is 6.60. The van der Waals surface area contributed by atoms with Gasteiger partial charge in [-0.1, -0.05) is 53.5 Å². The van der Waals surface area contributed by atoms with Crippen LogP contribution in [0.4, 0.5) is 4.79 Å².